The molecule has 1 N–H and O–H groups in total. The number of hydrogen-bond donors (Lipinski definition) is 1. The van der Waals surface area contributed by atoms with Crippen LogP contribution in [0, 0.1) is 11.6 Å². The van der Waals surface area contributed by atoms with E-state index in [0.29, 0.717) is 18.0 Å². The van der Waals surface area contributed by atoms with E-state index in [9.17, 15) is 8.78 Å². The normalized spacial score (nSPS) is 29.1. The van der Waals surface area contributed by atoms with E-state index in [-0.39, 0.29) is 5.60 Å². The molecule has 0 aromatic heterocycles. The third-order valence-corrected chi connectivity index (χ3v) is 5.55. The maximum atomic E-state index is 13.1. The van der Waals surface area contributed by atoms with Gasteiger partial charge in [-0.15, -0.1) is 0 Å². The van der Waals surface area contributed by atoms with Crippen LogP contribution < -0.4 is 5.32 Å². The molecule has 2 aliphatic heterocycles. The van der Waals surface area contributed by atoms with Gasteiger partial charge < -0.3 is 10.1 Å². The van der Waals surface area contributed by atoms with Crippen LogP contribution in [0.25, 0.3) is 0 Å². The second kappa shape index (κ2) is 6.63. The average molecular weight is 313 g/mol. The zero-order valence-electron chi connectivity index (χ0n) is 12.0. The van der Waals surface area contributed by atoms with Gasteiger partial charge in [0, 0.05) is 24.5 Å². The molecule has 2 nitrogen and oxygen atoms in total. The molecule has 2 fully saturated rings. The van der Waals surface area contributed by atoms with Crippen molar-refractivity contribution in [3.05, 3.63) is 35.4 Å². The number of nitrogens with one attached hydrogen (secondary N) is 1. The predicted molar refractivity (Wildman–Crippen MR) is 81.7 cm³/mol. The molecule has 2 aliphatic rings. The minimum atomic E-state index is -0.502. The van der Waals surface area contributed by atoms with E-state index in [0.717, 1.165) is 44.2 Å². The largest absolute Gasteiger partial charge is 0.374 e. The van der Waals surface area contributed by atoms with Crippen LogP contribution in [0.4, 0.5) is 8.78 Å². The van der Waals surface area contributed by atoms with E-state index in [1.165, 1.54) is 17.9 Å². The standard InChI is InChI=1S/C16H21F2NOS/c17-13-7-12(8-14(18)9-13)1-4-19-15-2-5-20-16(10-15)3-6-21-11-16/h7-9,15,19H,1-6,10-11H2. The van der Waals surface area contributed by atoms with Gasteiger partial charge in [0.05, 0.1) is 5.60 Å². The topological polar surface area (TPSA) is 21.3 Å². The van der Waals surface area contributed by atoms with Crippen LogP contribution in [0.1, 0.15) is 24.8 Å². The molecule has 0 amide bonds. The van der Waals surface area contributed by atoms with Crippen LogP contribution in [0.5, 0.6) is 0 Å². The van der Waals surface area contributed by atoms with E-state index in [1.54, 1.807) is 0 Å². The summed E-state index contributed by atoms with van der Waals surface area (Å²) in [5.41, 5.74) is 0.782. The molecule has 116 valence electrons. The first kappa shape index (κ1) is 15.3. The van der Waals surface area contributed by atoms with E-state index >= 15 is 0 Å². The summed E-state index contributed by atoms with van der Waals surface area (Å²) in [6, 6.07) is 4.18. The van der Waals surface area contributed by atoms with Gasteiger partial charge >= 0.3 is 0 Å². The lowest BCUT2D eigenvalue weighted by molar-refractivity contribution is -0.0699. The van der Waals surface area contributed by atoms with Gasteiger partial charge in [0.2, 0.25) is 0 Å². The fourth-order valence-electron chi connectivity index (χ4n) is 3.24. The van der Waals surface area contributed by atoms with Crippen LogP contribution in [0.3, 0.4) is 0 Å². The first-order valence-corrected chi connectivity index (χ1v) is 8.71. The highest BCUT2D eigenvalue weighted by Crippen LogP contribution is 2.38. The maximum absolute atomic E-state index is 13.1. The Bertz CT molecular complexity index is 471. The summed E-state index contributed by atoms with van der Waals surface area (Å²) in [5, 5.41) is 3.53. The fourth-order valence-corrected chi connectivity index (χ4v) is 4.62. The van der Waals surface area contributed by atoms with Gasteiger partial charge in [0.25, 0.3) is 0 Å². The van der Waals surface area contributed by atoms with Crippen molar-refractivity contribution >= 4 is 11.8 Å². The molecule has 5 heteroatoms. The summed E-state index contributed by atoms with van der Waals surface area (Å²) < 4.78 is 32.3. The lowest BCUT2D eigenvalue weighted by atomic mass is 9.90. The monoisotopic (exact) mass is 313 g/mol. The Morgan fingerprint density at radius 3 is 2.81 bits per heavy atom. The molecule has 2 atom stereocenters. The Kier molecular flexibility index (Phi) is 4.82. The molecule has 2 saturated heterocycles. The molecule has 0 radical (unpaired) electrons. The maximum Gasteiger partial charge on any atom is 0.126 e. The smallest absolute Gasteiger partial charge is 0.126 e. The molecular weight excluding hydrogens is 292 g/mol. The number of halogens is 2. The third kappa shape index (κ3) is 3.96. The summed E-state index contributed by atoms with van der Waals surface area (Å²) in [4.78, 5) is 0. The summed E-state index contributed by atoms with van der Waals surface area (Å²) in [5.74, 6) is 1.28. The lowest BCUT2D eigenvalue weighted by Gasteiger charge is -2.38. The Morgan fingerprint density at radius 2 is 2.10 bits per heavy atom. The quantitative estimate of drug-likeness (QED) is 0.923. The van der Waals surface area contributed by atoms with Crippen LogP contribution in [-0.4, -0.2) is 36.3 Å². The minimum Gasteiger partial charge on any atom is -0.374 e. The Hall–Kier alpha value is -0.650. The van der Waals surface area contributed by atoms with Crippen molar-refractivity contribution in [2.45, 2.75) is 37.3 Å². The lowest BCUT2D eigenvalue weighted by Crippen LogP contribution is -2.47. The molecule has 1 aromatic carbocycles. The summed E-state index contributed by atoms with van der Waals surface area (Å²) in [7, 11) is 0. The average Bonchev–Trinajstić information content (AvgIpc) is 2.86. The van der Waals surface area contributed by atoms with Crippen LogP contribution >= 0.6 is 11.8 Å². The van der Waals surface area contributed by atoms with Gasteiger partial charge in [-0.05, 0) is 55.7 Å². The third-order valence-electron chi connectivity index (χ3n) is 4.33. The van der Waals surface area contributed by atoms with Crippen molar-refractivity contribution in [1.82, 2.24) is 5.32 Å². The Morgan fingerprint density at radius 1 is 1.29 bits per heavy atom. The van der Waals surface area contributed by atoms with Crippen molar-refractivity contribution in [2.75, 3.05) is 24.7 Å². The van der Waals surface area contributed by atoms with E-state index in [4.69, 9.17) is 4.74 Å². The molecule has 1 aromatic rings. The van der Waals surface area contributed by atoms with Crippen molar-refractivity contribution in [2.24, 2.45) is 0 Å². The van der Waals surface area contributed by atoms with Gasteiger partial charge in [-0.3, -0.25) is 0 Å². The highest BCUT2D eigenvalue weighted by molar-refractivity contribution is 7.99. The number of benzene rings is 1. The van der Waals surface area contributed by atoms with Gasteiger partial charge in [0.1, 0.15) is 11.6 Å². The van der Waals surface area contributed by atoms with Gasteiger partial charge in [-0.2, -0.15) is 11.8 Å². The van der Waals surface area contributed by atoms with Crippen molar-refractivity contribution < 1.29 is 13.5 Å². The number of ether oxygens (including phenoxy) is 1. The first-order valence-electron chi connectivity index (χ1n) is 7.55. The van der Waals surface area contributed by atoms with Crippen molar-refractivity contribution in [3.8, 4) is 0 Å². The summed E-state index contributed by atoms with van der Waals surface area (Å²) in [6.45, 7) is 1.56. The zero-order chi connectivity index (χ0) is 14.7. The van der Waals surface area contributed by atoms with Crippen LogP contribution in [0.2, 0.25) is 0 Å². The Labute approximate surface area is 128 Å². The predicted octanol–water partition coefficient (Wildman–Crippen LogP) is 3.15. The van der Waals surface area contributed by atoms with E-state index in [1.807, 2.05) is 11.8 Å². The number of thioether (sulfide) groups is 1. The molecule has 1 spiro atoms. The van der Waals surface area contributed by atoms with E-state index in [2.05, 4.69) is 5.32 Å². The van der Waals surface area contributed by atoms with Crippen LogP contribution in [0.15, 0.2) is 18.2 Å². The molecule has 0 bridgehead atoms. The summed E-state index contributed by atoms with van der Waals surface area (Å²) in [6.07, 6.45) is 3.86. The SMILES string of the molecule is Fc1cc(F)cc(CCNC2CCOC3(CCSC3)C2)c1. The van der Waals surface area contributed by atoms with Crippen LogP contribution in [-0.2, 0) is 11.2 Å². The molecule has 0 saturated carbocycles. The second-order valence-corrected chi connectivity index (χ2v) is 7.11. The van der Waals surface area contributed by atoms with Crippen molar-refractivity contribution in [1.29, 1.82) is 0 Å². The highest BCUT2D eigenvalue weighted by atomic mass is 32.2. The molecular formula is C16H21F2NOS. The Balaban J connectivity index is 1.48. The van der Waals surface area contributed by atoms with Crippen molar-refractivity contribution in [3.63, 3.8) is 0 Å². The fraction of sp³-hybridized carbons (Fsp3) is 0.625. The van der Waals surface area contributed by atoms with Gasteiger partial charge in [-0.1, -0.05) is 0 Å². The molecule has 2 unspecified atom stereocenters. The first-order chi connectivity index (χ1) is 10.2. The number of rotatable bonds is 4. The molecule has 21 heavy (non-hydrogen) atoms. The minimum absolute atomic E-state index is 0.0749. The van der Waals surface area contributed by atoms with Gasteiger partial charge in [0.15, 0.2) is 0 Å². The van der Waals surface area contributed by atoms with E-state index < -0.39 is 11.6 Å². The zero-order valence-corrected chi connectivity index (χ0v) is 12.9. The number of hydrogen-bond acceptors (Lipinski definition) is 3. The van der Waals surface area contributed by atoms with Gasteiger partial charge in [-0.25, -0.2) is 8.78 Å². The molecule has 2 heterocycles. The summed E-state index contributed by atoms with van der Waals surface area (Å²) >= 11 is 1.97. The molecule has 0 aliphatic carbocycles. The molecule has 3 rings (SSSR count). The second-order valence-electron chi connectivity index (χ2n) is 6.01. The highest BCUT2D eigenvalue weighted by Gasteiger charge is 2.40.